The smallest absolute Gasteiger partial charge is 0.230 e. The molecule has 2 aromatic rings. The molecule has 0 radical (unpaired) electrons. The van der Waals surface area contributed by atoms with Crippen LogP contribution in [0.4, 0.5) is 5.69 Å². The van der Waals surface area contributed by atoms with Gasteiger partial charge in [-0.15, -0.1) is 0 Å². The van der Waals surface area contributed by atoms with E-state index in [1.165, 1.54) is 0 Å². The van der Waals surface area contributed by atoms with E-state index in [0.29, 0.717) is 15.7 Å². The number of hydrogen-bond acceptors (Lipinski definition) is 3. The second-order valence-corrected chi connectivity index (χ2v) is 7.22. The van der Waals surface area contributed by atoms with E-state index in [0.717, 1.165) is 18.4 Å². The van der Waals surface area contributed by atoms with E-state index in [9.17, 15) is 4.79 Å². The summed E-state index contributed by atoms with van der Waals surface area (Å²) in [6.45, 7) is 0. The number of carbonyl (C=O) groups excluding carboxylic acids is 1. The van der Waals surface area contributed by atoms with Gasteiger partial charge in [0.2, 0.25) is 5.91 Å². The molecule has 126 valence electrons. The van der Waals surface area contributed by atoms with E-state index in [1.807, 2.05) is 19.4 Å². The van der Waals surface area contributed by atoms with Crippen molar-refractivity contribution in [3.63, 3.8) is 0 Å². The molecule has 0 saturated carbocycles. The zero-order valence-corrected chi connectivity index (χ0v) is 14.6. The minimum absolute atomic E-state index is 0.0389. The largest absolute Gasteiger partial charge is 0.373 e. The fourth-order valence-electron chi connectivity index (χ4n) is 3.85. The number of hydrogen-bond donors (Lipinski definition) is 1. The second kappa shape index (κ2) is 6.06. The molecular weight excluding hydrogens is 349 g/mol. The Morgan fingerprint density at radius 2 is 2.08 bits per heavy atom. The van der Waals surface area contributed by atoms with Crippen molar-refractivity contribution in [3.8, 4) is 0 Å². The average molecular weight is 366 g/mol. The Kier molecular flexibility index (Phi) is 4.03. The number of aryl methyl sites for hydroxylation is 1. The van der Waals surface area contributed by atoms with Crippen molar-refractivity contribution in [2.45, 2.75) is 31.0 Å². The summed E-state index contributed by atoms with van der Waals surface area (Å²) in [4.78, 5) is 12.9. The van der Waals surface area contributed by atoms with Crippen LogP contribution in [0.1, 0.15) is 24.3 Å². The minimum atomic E-state index is -0.220. The summed E-state index contributed by atoms with van der Waals surface area (Å²) in [7, 11) is 1.88. The molecule has 0 spiro atoms. The van der Waals surface area contributed by atoms with Crippen LogP contribution in [0.15, 0.2) is 30.6 Å². The van der Waals surface area contributed by atoms with Crippen LogP contribution < -0.4 is 5.32 Å². The molecule has 4 atom stereocenters. The van der Waals surface area contributed by atoms with E-state index in [1.54, 1.807) is 22.9 Å². The van der Waals surface area contributed by atoms with Crippen molar-refractivity contribution >= 4 is 34.8 Å². The van der Waals surface area contributed by atoms with Crippen LogP contribution >= 0.6 is 23.2 Å². The third kappa shape index (κ3) is 2.70. The first-order chi connectivity index (χ1) is 11.5. The van der Waals surface area contributed by atoms with Crippen LogP contribution in [0.5, 0.6) is 0 Å². The van der Waals surface area contributed by atoms with Gasteiger partial charge >= 0.3 is 0 Å². The van der Waals surface area contributed by atoms with Gasteiger partial charge in [0.05, 0.1) is 34.4 Å². The molecule has 1 amide bonds. The van der Waals surface area contributed by atoms with E-state index < -0.39 is 0 Å². The first-order valence-electron chi connectivity index (χ1n) is 7.93. The molecule has 2 fully saturated rings. The third-order valence-electron chi connectivity index (χ3n) is 4.87. The zero-order chi connectivity index (χ0) is 16.8. The third-order valence-corrected chi connectivity index (χ3v) is 5.61. The van der Waals surface area contributed by atoms with Crippen LogP contribution in [0, 0.1) is 5.92 Å². The highest BCUT2D eigenvalue weighted by atomic mass is 35.5. The summed E-state index contributed by atoms with van der Waals surface area (Å²) < 4.78 is 7.78. The Morgan fingerprint density at radius 3 is 2.79 bits per heavy atom. The van der Waals surface area contributed by atoms with Gasteiger partial charge < -0.3 is 10.1 Å². The first kappa shape index (κ1) is 15.9. The number of rotatable bonds is 3. The molecule has 7 heteroatoms. The highest BCUT2D eigenvalue weighted by Gasteiger charge is 2.53. The van der Waals surface area contributed by atoms with E-state index >= 15 is 0 Å². The van der Waals surface area contributed by atoms with Crippen LogP contribution in [0.3, 0.4) is 0 Å². The highest BCUT2D eigenvalue weighted by Crippen LogP contribution is 2.49. The fourth-order valence-corrected chi connectivity index (χ4v) is 4.14. The summed E-state index contributed by atoms with van der Waals surface area (Å²) in [6.07, 6.45) is 5.75. The summed E-state index contributed by atoms with van der Waals surface area (Å²) in [6, 6.07) is 5.09. The molecule has 4 rings (SSSR count). The van der Waals surface area contributed by atoms with Crippen LogP contribution in [0.2, 0.25) is 10.0 Å². The maximum atomic E-state index is 12.9. The summed E-state index contributed by atoms with van der Waals surface area (Å²) >= 11 is 12.0. The molecule has 3 heterocycles. The normalized spacial score (nSPS) is 28.3. The molecule has 2 saturated heterocycles. The van der Waals surface area contributed by atoms with Crippen molar-refractivity contribution in [2.75, 3.05) is 5.32 Å². The number of nitrogens with one attached hydrogen (secondary N) is 1. The highest BCUT2D eigenvalue weighted by molar-refractivity contribution is 6.42. The lowest BCUT2D eigenvalue weighted by molar-refractivity contribution is -0.121. The number of anilines is 1. The van der Waals surface area contributed by atoms with Crippen LogP contribution in [-0.2, 0) is 16.6 Å². The van der Waals surface area contributed by atoms with Crippen molar-refractivity contribution in [2.24, 2.45) is 13.0 Å². The van der Waals surface area contributed by atoms with Gasteiger partial charge in [-0.05, 0) is 36.6 Å². The summed E-state index contributed by atoms with van der Waals surface area (Å²) in [5.41, 5.74) is 1.70. The number of halogens is 2. The Labute approximate surface area is 149 Å². The van der Waals surface area contributed by atoms with Gasteiger partial charge in [-0.25, -0.2) is 0 Å². The van der Waals surface area contributed by atoms with Crippen LogP contribution in [0.25, 0.3) is 0 Å². The standard InChI is InChI=1S/C17H17Cl2N3O2/c1-22-8-9(7-20-22)15-13-4-5-14(24-13)16(15)17(23)21-10-2-3-11(18)12(19)6-10/h2-3,6-8,13-16H,4-5H2,1H3,(H,21,23)/t13-,14+,15-,16+/m0/s1. The lowest BCUT2D eigenvalue weighted by Crippen LogP contribution is -2.35. The van der Waals surface area contributed by atoms with Gasteiger partial charge in [-0.3, -0.25) is 9.48 Å². The molecule has 1 N–H and O–H groups in total. The molecule has 2 aliphatic heterocycles. The summed E-state index contributed by atoms with van der Waals surface area (Å²) in [5.74, 6) is -0.225. The first-order valence-corrected chi connectivity index (χ1v) is 8.68. The van der Waals surface area contributed by atoms with Crippen molar-refractivity contribution < 1.29 is 9.53 Å². The molecule has 24 heavy (non-hydrogen) atoms. The van der Waals surface area contributed by atoms with Crippen molar-refractivity contribution in [3.05, 3.63) is 46.2 Å². The van der Waals surface area contributed by atoms with Gasteiger partial charge in [0, 0.05) is 24.8 Å². The van der Waals surface area contributed by atoms with Gasteiger partial charge in [0.1, 0.15) is 0 Å². The molecule has 1 aromatic carbocycles. The quantitative estimate of drug-likeness (QED) is 0.903. The number of nitrogens with zero attached hydrogens (tertiary/aromatic N) is 2. The SMILES string of the molecule is Cn1cc([C@@H]2[C@H](C(=O)Nc3ccc(Cl)c(Cl)c3)[C@H]3CC[C@@H]2O3)cn1. The molecule has 1 aromatic heterocycles. The number of ether oxygens (including phenoxy) is 1. The Hall–Kier alpha value is -1.56. The average Bonchev–Trinajstić information content (AvgIpc) is 3.25. The molecule has 0 unspecified atom stereocenters. The minimum Gasteiger partial charge on any atom is -0.373 e. The van der Waals surface area contributed by atoms with E-state index in [4.69, 9.17) is 27.9 Å². The maximum absolute atomic E-state index is 12.9. The van der Waals surface area contributed by atoms with Gasteiger partial charge in [-0.2, -0.15) is 5.10 Å². The lowest BCUT2D eigenvalue weighted by Gasteiger charge is -2.26. The van der Waals surface area contributed by atoms with Gasteiger partial charge in [0.15, 0.2) is 0 Å². The van der Waals surface area contributed by atoms with Gasteiger partial charge in [-0.1, -0.05) is 23.2 Å². The van der Waals surface area contributed by atoms with Crippen LogP contribution in [-0.4, -0.2) is 27.9 Å². The van der Waals surface area contributed by atoms with E-state index in [-0.39, 0.29) is 30.0 Å². The maximum Gasteiger partial charge on any atom is 0.230 e. The van der Waals surface area contributed by atoms with E-state index in [2.05, 4.69) is 10.4 Å². The predicted octanol–water partition coefficient (Wildman–Crippen LogP) is 3.63. The number of benzene rings is 1. The number of carbonyl (C=O) groups is 1. The predicted molar refractivity (Wildman–Crippen MR) is 92.4 cm³/mol. The Morgan fingerprint density at radius 1 is 1.29 bits per heavy atom. The second-order valence-electron chi connectivity index (χ2n) is 6.41. The van der Waals surface area contributed by atoms with Crippen molar-refractivity contribution in [1.29, 1.82) is 0 Å². The number of aromatic nitrogens is 2. The summed E-state index contributed by atoms with van der Waals surface area (Å²) in [5, 5.41) is 8.08. The Bertz CT molecular complexity index is 792. The molecular formula is C17H17Cl2N3O2. The topological polar surface area (TPSA) is 56.2 Å². The monoisotopic (exact) mass is 365 g/mol. The number of amides is 1. The fraction of sp³-hybridized carbons (Fsp3) is 0.412. The molecule has 2 bridgehead atoms. The van der Waals surface area contributed by atoms with Crippen molar-refractivity contribution in [1.82, 2.24) is 9.78 Å². The lowest BCUT2D eigenvalue weighted by atomic mass is 9.76. The van der Waals surface area contributed by atoms with Gasteiger partial charge in [0.25, 0.3) is 0 Å². The molecule has 5 nitrogen and oxygen atoms in total. The zero-order valence-electron chi connectivity index (χ0n) is 13.1. The number of fused-ring (bicyclic) bond motifs is 2. The molecule has 2 aliphatic rings. The Balaban J connectivity index is 1.58. The molecule has 0 aliphatic carbocycles.